The third-order valence-electron chi connectivity index (χ3n) is 6.53. The lowest BCUT2D eigenvalue weighted by molar-refractivity contribution is -0.133. The number of hydrogen-bond donors (Lipinski definition) is 1. The number of fused-ring (bicyclic) bond motifs is 1. The van der Waals surface area contributed by atoms with Crippen molar-refractivity contribution in [2.75, 3.05) is 31.6 Å². The Bertz CT molecular complexity index is 1030. The van der Waals surface area contributed by atoms with Crippen molar-refractivity contribution in [1.29, 1.82) is 0 Å². The maximum atomic E-state index is 12.9. The molecule has 32 heavy (non-hydrogen) atoms. The Morgan fingerprint density at radius 3 is 2.62 bits per heavy atom. The normalized spacial score (nSPS) is 21.8. The van der Waals surface area contributed by atoms with Crippen LogP contribution < -0.4 is 5.32 Å². The molecule has 1 saturated heterocycles. The van der Waals surface area contributed by atoms with Gasteiger partial charge in [0.05, 0.1) is 30.6 Å². The van der Waals surface area contributed by atoms with Crippen molar-refractivity contribution in [3.8, 4) is 0 Å². The molecule has 0 unspecified atom stereocenters. The van der Waals surface area contributed by atoms with Gasteiger partial charge in [0.15, 0.2) is 5.78 Å². The average Bonchev–Trinajstić information content (AvgIpc) is 3.34. The predicted octanol–water partition coefficient (Wildman–Crippen LogP) is 2.84. The second-order valence-corrected chi connectivity index (χ2v) is 9.56. The number of thiophene rings is 1. The quantitative estimate of drug-likeness (QED) is 0.678. The number of benzene rings is 1. The summed E-state index contributed by atoms with van der Waals surface area (Å²) in [6.45, 7) is 5.58. The van der Waals surface area contributed by atoms with Crippen molar-refractivity contribution < 1.29 is 19.1 Å². The number of nitrogens with zero attached hydrogens (tertiary/aromatic N) is 2. The lowest BCUT2D eigenvalue weighted by Gasteiger charge is -2.29. The molecule has 3 aliphatic rings. The zero-order valence-electron chi connectivity index (χ0n) is 18.0. The zero-order valence-corrected chi connectivity index (χ0v) is 18.8. The van der Waals surface area contributed by atoms with Crippen molar-refractivity contribution in [2.45, 2.75) is 44.9 Å². The van der Waals surface area contributed by atoms with E-state index in [-0.39, 0.29) is 23.9 Å². The van der Waals surface area contributed by atoms with Crippen LogP contribution in [0.1, 0.15) is 45.6 Å². The first-order chi connectivity index (χ1) is 15.6. The van der Waals surface area contributed by atoms with Crippen molar-refractivity contribution in [3.05, 3.63) is 51.2 Å². The summed E-state index contributed by atoms with van der Waals surface area (Å²) in [5, 5.41) is 5.50. The second kappa shape index (κ2) is 9.13. The smallest absolute Gasteiger partial charge is 0.265 e. The standard InChI is InChI=1S/C24H27N3O4S/c28-19-5-6-21(22(29)11-19)27-14-20-17(15-32-23(20)24(27)30)12-25-18-3-1-16(2-4-18)13-26-7-9-31-10-8-26/h1-4,15,21,25H,5-14H2/t21-/m0/s1. The Kier molecular flexibility index (Phi) is 6.08. The number of morpholine rings is 1. The molecule has 2 fully saturated rings. The maximum absolute atomic E-state index is 12.9. The molecule has 2 aromatic rings. The van der Waals surface area contributed by atoms with Crippen molar-refractivity contribution in [2.24, 2.45) is 0 Å². The molecule has 2 aliphatic heterocycles. The number of Topliss-reactive ketones (excluding diaryl/α,β-unsaturated/α-hetero) is 2. The Hall–Kier alpha value is -2.55. The molecule has 7 nitrogen and oxygen atoms in total. The molecule has 1 aromatic heterocycles. The maximum Gasteiger partial charge on any atom is 0.265 e. The lowest BCUT2D eigenvalue weighted by Crippen LogP contribution is -2.44. The fourth-order valence-electron chi connectivity index (χ4n) is 4.68. The number of ether oxygens (including phenoxy) is 1. The summed E-state index contributed by atoms with van der Waals surface area (Å²) in [7, 11) is 0. The number of rotatable bonds is 6. The van der Waals surface area contributed by atoms with Gasteiger partial charge in [0, 0.05) is 50.4 Å². The first-order valence-corrected chi connectivity index (χ1v) is 12.0. The molecular weight excluding hydrogens is 426 g/mol. The molecule has 1 atom stereocenters. The Labute approximate surface area is 191 Å². The van der Waals surface area contributed by atoms with Crippen LogP contribution in [0.3, 0.4) is 0 Å². The average molecular weight is 454 g/mol. The van der Waals surface area contributed by atoms with Gasteiger partial charge in [-0.15, -0.1) is 11.3 Å². The second-order valence-electron chi connectivity index (χ2n) is 8.68. The molecular formula is C24H27N3O4S. The van der Waals surface area contributed by atoms with Gasteiger partial charge in [-0.25, -0.2) is 0 Å². The lowest BCUT2D eigenvalue weighted by atomic mass is 9.92. The summed E-state index contributed by atoms with van der Waals surface area (Å²) < 4.78 is 5.41. The fraction of sp³-hybridized carbons (Fsp3) is 0.458. The van der Waals surface area contributed by atoms with E-state index >= 15 is 0 Å². The summed E-state index contributed by atoms with van der Waals surface area (Å²) in [6.07, 6.45) is 0.782. The minimum atomic E-state index is -0.459. The highest BCUT2D eigenvalue weighted by atomic mass is 32.1. The van der Waals surface area contributed by atoms with Crippen LogP contribution in [0, 0.1) is 0 Å². The largest absolute Gasteiger partial charge is 0.381 e. The van der Waals surface area contributed by atoms with E-state index in [0.717, 1.165) is 54.5 Å². The molecule has 0 radical (unpaired) electrons. The first kappa shape index (κ1) is 21.3. The minimum Gasteiger partial charge on any atom is -0.381 e. The molecule has 0 bridgehead atoms. The molecule has 168 valence electrons. The molecule has 0 spiro atoms. The summed E-state index contributed by atoms with van der Waals surface area (Å²) in [4.78, 5) is 41.5. The Morgan fingerprint density at radius 1 is 1.09 bits per heavy atom. The van der Waals surface area contributed by atoms with E-state index in [4.69, 9.17) is 4.74 Å². The van der Waals surface area contributed by atoms with Gasteiger partial charge in [-0.05, 0) is 35.1 Å². The molecule has 8 heteroatoms. The van der Waals surface area contributed by atoms with Crippen LogP contribution in [-0.4, -0.2) is 59.6 Å². The molecule has 3 heterocycles. The van der Waals surface area contributed by atoms with E-state index < -0.39 is 6.04 Å². The minimum absolute atomic E-state index is 0.0199. The molecule has 1 amide bonds. The van der Waals surface area contributed by atoms with Gasteiger partial charge in [-0.3, -0.25) is 19.3 Å². The molecule has 1 aromatic carbocycles. The summed E-state index contributed by atoms with van der Waals surface area (Å²) in [6, 6.07) is 8.03. The van der Waals surface area contributed by atoms with Gasteiger partial charge in [-0.2, -0.15) is 0 Å². The highest BCUT2D eigenvalue weighted by Gasteiger charge is 2.40. The predicted molar refractivity (Wildman–Crippen MR) is 122 cm³/mol. The summed E-state index contributed by atoms with van der Waals surface area (Å²) in [5.74, 6) is -0.216. The van der Waals surface area contributed by atoms with Crippen molar-refractivity contribution >= 4 is 34.5 Å². The zero-order chi connectivity index (χ0) is 22.1. The number of amides is 1. The first-order valence-electron chi connectivity index (χ1n) is 11.2. The van der Waals surface area contributed by atoms with E-state index in [1.165, 1.54) is 16.9 Å². The van der Waals surface area contributed by atoms with Crippen LogP contribution in [0.4, 0.5) is 5.69 Å². The van der Waals surface area contributed by atoms with Crippen LogP contribution in [0.15, 0.2) is 29.6 Å². The van der Waals surface area contributed by atoms with Crippen molar-refractivity contribution in [1.82, 2.24) is 9.80 Å². The number of anilines is 1. The van der Waals surface area contributed by atoms with E-state index in [0.29, 0.717) is 25.9 Å². The van der Waals surface area contributed by atoms with E-state index in [9.17, 15) is 14.4 Å². The summed E-state index contributed by atoms with van der Waals surface area (Å²) >= 11 is 1.45. The molecule has 1 N–H and O–H groups in total. The van der Waals surface area contributed by atoms with Gasteiger partial charge in [0.1, 0.15) is 5.78 Å². The molecule has 1 saturated carbocycles. The van der Waals surface area contributed by atoms with E-state index in [2.05, 4.69) is 34.5 Å². The van der Waals surface area contributed by atoms with Crippen LogP contribution in [0.25, 0.3) is 0 Å². The molecule has 5 rings (SSSR count). The van der Waals surface area contributed by atoms with Gasteiger partial charge in [-0.1, -0.05) is 12.1 Å². The third kappa shape index (κ3) is 4.35. The third-order valence-corrected chi connectivity index (χ3v) is 7.59. The van der Waals surface area contributed by atoms with Crippen LogP contribution in [0.2, 0.25) is 0 Å². The Balaban J connectivity index is 1.19. The number of nitrogens with one attached hydrogen (secondary N) is 1. The highest BCUT2D eigenvalue weighted by Crippen LogP contribution is 2.35. The van der Waals surface area contributed by atoms with Gasteiger partial charge in [0.2, 0.25) is 0 Å². The van der Waals surface area contributed by atoms with Crippen LogP contribution >= 0.6 is 11.3 Å². The van der Waals surface area contributed by atoms with Gasteiger partial charge < -0.3 is 15.0 Å². The monoisotopic (exact) mass is 453 g/mol. The van der Waals surface area contributed by atoms with Crippen LogP contribution in [0.5, 0.6) is 0 Å². The van der Waals surface area contributed by atoms with Gasteiger partial charge in [0.25, 0.3) is 5.91 Å². The molecule has 1 aliphatic carbocycles. The van der Waals surface area contributed by atoms with Gasteiger partial charge >= 0.3 is 0 Å². The SMILES string of the molecule is O=C1CC[C@H](N2Cc3c(CNc4ccc(CN5CCOCC5)cc4)csc3C2=O)C(=O)C1. The number of carbonyl (C=O) groups excluding carboxylic acids is 3. The topological polar surface area (TPSA) is 79.0 Å². The van der Waals surface area contributed by atoms with E-state index in [1.807, 2.05) is 5.38 Å². The van der Waals surface area contributed by atoms with Crippen molar-refractivity contribution in [3.63, 3.8) is 0 Å². The van der Waals surface area contributed by atoms with Crippen LogP contribution in [-0.2, 0) is 34.0 Å². The number of carbonyl (C=O) groups is 3. The Morgan fingerprint density at radius 2 is 1.88 bits per heavy atom. The fourth-order valence-corrected chi connectivity index (χ4v) is 5.72. The summed E-state index contributed by atoms with van der Waals surface area (Å²) in [5.41, 5.74) is 4.43. The highest BCUT2D eigenvalue weighted by molar-refractivity contribution is 7.12. The number of ketones is 2. The number of hydrogen-bond acceptors (Lipinski definition) is 7. The van der Waals surface area contributed by atoms with E-state index in [1.54, 1.807) is 4.90 Å².